The van der Waals surface area contributed by atoms with Crippen LogP contribution in [0.4, 0.5) is 0 Å². The summed E-state index contributed by atoms with van der Waals surface area (Å²) in [6.45, 7) is 2.41. The van der Waals surface area contributed by atoms with Gasteiger partial charge in [0.1, 0.15) is 0 Å². The minimum Gasteiger partial charge on any atom is -0.477 e. The highest BCUT2D eigenvalue weighted by Gasteiger charge is 2.16. The van der Waals surface area contributed by atoms with Crippen LogP contribution >= 0.6 is 0 Å². The average Bonchev–Trinajstić information content (AvgIpc) is 2.54. The van der Waals surface area contributed by atoms with Crippen LogP contribution in [-0.4, -0.2) is 60.9 Å². The van der Waals surface area contributed by atoms with E-state index >= 15 is 0 Å². The number of aromatic nitrogens is 1. The summed E-state index contributed by atoms with van der Waals surface area (Å²) >= 11 is 0. The smallest absolute Gasteiger partial charge is 0.253 e. The summed E-state index contributed by atoms with van der Waals surface area (Å²) in [5, 5.41) is 8.87. The van der Waals surface area contributed by atoms with Gasteiger partial charge in [0, 0.05) is 44.6 Å². The second-order valence-electron chi connectivity index (χ2n) is 5.20. The van der Waals surface area contributed by atoms with Crippen molar-refractivity contribution in [3.05, 3.63) is 23.9 Å². The van der Waals surface area contributed by atoms with Gasteiger partial charge in [-0.1, -0.05) is 0 Å². The molecule has 6 nitrogen and oxygen atoms in total. The average molecular weight is 294 g/mol. The number of nitrogens with zero attached hydrogens (tertiary/aromatic N) is 2. The van der Waals surface area contributed by atoms with Crippen molar-refractivity contribution in [3.8, 4) is 5.88 Å². The number of hydrogen-bond acceptors (Lipinski definition) is 5. The minimum absolute atomic E-state index is 0.0551. The SMILES string of the molecule is CN(CCO)C(=O)c1ccnc(OCC2CCOCC2)c1. The van der Waals surface area contributed by atoms with Crippen molar-refractivity contribution in [3.63, 3.8) is 0 Å². The molecule has 0 unspecified atom stereocenters. The first-order valence-corrected chi connectivity index (χ1v) is 7.23. The lowest BCUT2D eigenvalue weighted by molar-refractivity contribution is 0.0490. The zero-order chi connectivity index (χ0) is 15.1. The van der Waals surface area contributed by atoms with E-state index in [1.54, 1.807) is 25.4 Å². The molecule has 6 heteroatoms. The zero-order valence-electron chi connectivity index (χ0n) is 12.3. The number of hydrogen-bond donors (Lipinski definition) is 1. The molecule has 0 radical (unpaired) electrons. The van der Waals surface area contributed by atoms with E-state index in [4.69, 9.17) is 14.6 Å². The number of ether oxygens (including phenoxy) is 2. The van der Waals surface area contributed by atoms with Crippen LogP contribution in [0.5, 0.6) is 5.88 Å². The predicted octanol–water partition coefficient (Wildman–Crippen LogP) is 0.951. The molecule has 0 aromatic carbocycles. The summed E-state index contributed by atoms with van der Waals surface area (Å²) in [7, 11) is 1.65. The van der Waals surface area contributed by atoms with Gasteiger partial charge in [-0.2, -0.15) is 0 Å². The van der Waals surface area contributed by atoms with Crippen molar-refractivity contribution in [2.24, 2.45) is 5.92 Å². The number of aliphatic hydroxyl groups excluding tert-OH is 1. The number of likely N-dealkylation sites (N-methyl/N-ethyl adjacent to an activating group) is 1. The minimum atomic E-state index is -0.151. The summed E-state index contributed by atoms with van der Waals surface area (Å²) in [5.74, 6) is 0.795. The van der Waals surface area contributed by atoms with E-state index in [0.29, 0.717) is 30.5 Å². The van der Waals surface area contributed by atoms with Crippen LogP contribution < -0.4 is 4.74 Å². The second kappa shape index (κ2) is 7.95. The Morgan fingerprint density at radius 1 is 1.52 bits per heavy atom. The fourth-order valence-corrected chi connectivity index (χ4v) is 2.21. The molecule has 1 aliphatic heterocycles. The quantitative estimate of drug-likeness (QED) is 0.846. The van der Waals surface area contributed by atoms with E-state index in [-0.39, 0.29) is 12.5 Å². The third-order valence-electron chi connectivity index (χ3n) is 3.57. The third-order valence-corrected chi connectivity index (χ3v) is 3.57. The largest absolute Gasteiger partial charge is 0.477 e. The van der Waals surface area contributed by atoms with Crippen molar-refractivity contribution < 1.29 is 19.4 Å². The predicted molar refractivity (Wildman–Crippen MR) is 77.3 cm³/mol. The van der Waals surface area contributed by atoms with Crippen LogP contribution in [0.2, 0.25) is 0 Å². The van der Waals surface area contributed by atoms with Gasteiger partial charge in [-0.05, 0) is 24.8 Å². The van der Waals surface area contributed by atoms with E-state index in [9.17, 15) is 4.79 Å². The number of rotatable bonds is 6. The lowest BCUT2D eigenvalue weighted by atomic mass is 10.0. The molecule has 1 N–H and O–H groups in total. The maximum atomic E-state index is 12.1. The fourth-order valence-electron chi connectivity index (χ4n) is 2.21. The number of pyridine rings is 1. The first-order valence-electron chi connectivity index (χ1n) is 7.23. The molecule has 2 rings (SSSR count). The molecule has 1 saturated heterocycles. The Labute approximate surface area is 124 Å². The van der Waals surface area contributed by atoms with E-state index in [1.807, 2.05) is 0 Å². The Kier molecular flexibility index (Phi) is 5.95. The number of carbonyl (C=O) groups excluding carboxylic acids is 1. The molecule has 0 saturated carbocycles. The molecule has 0 aliphatic carbocycles. The second-order valence-corrected chi connectivity index (χ2v) is 5.20. The molecule has 1 aromatic rings. The Bertz CT molecular complexity index is 461. The van der Waals surface area contributed by atoms with Gasteiger partial charge in [-0.25, -0.2) is 4.98 Å². The molecule has 116 valence electrons. The number of aliphatic hydroxyl groups is 1. The number of amides is 1. The summed E-state index contributed by atoms with van der Waals surface area (Å²) in [6.07, 6.45) is 3.56. The third kappa shape index (κ3) is 4.68. The molecule has 1 aliphatic rings. The van der Waals surface area contributed by atoms with E-state index in [0.717, 1.165) is 26.1 Å². The maximum absolute atomic E-state index is 12.1. The lowest BCUT2D eigenvalue weighted by Gasteiger charge is -2.22. The first-order chi connectivity index (χ1) is 10.2. The summed E-state index contributed by atoms with van der Waals surface area (Å²) < 4.78 is 11.0. The topological polar surface area (TPSA) is 71.9 Å². The Morgan fingerprint density at radius 3 is 3.00 bits per heavy atom. The molecule has 0 bridgehead atoms. The monoisotopic (exact) mass is 294 g/mol. The molecule has 21 heavy (non-hydrogen) atoms. The Hall–Kier alpha value is -1.66. The van der Waals surface area contributed by atoms with Gasteiger partial charge in [-0.3, -0.25) is 4.79 Å². The normalized spacial score (nSPS) is 15.7. The van der Waals surface area contributed by atoms with Crippen molar-refractivity contribution in [2.45, 2.75) is 12.8 Å². The Morgan fingerprint density at radius 2 is 2.29 bits per heavy atom. The van der Waals surface area contributed by atoms with Gasteiger partial charge in [-0.15, -0.1) is 0 Å². The van der Waals surface area contributed by atoms with Gasteiger partial charge in [0.15, 0.2) is 0 Å². The molecular formula is C15H22N2O4. The highest BCUT2D eigenvalue weighted by molar-refractivity contribution is 5.94. The van der Waals surface area contributed by atoms with Crippen molar-refractivity contribution in [1.29, 1.82) is 0 Å². The summed E-state index contributed by atoms with van der Waals surface area (Å²) in [6, 6.07) is 3.30. The van der Waals surface area contributed by atoms with E-state index in [1.165, 1.54) is 4.90 Å². The van der Waals surface area contributed by atoms with Crippen molar-refractivity contribution >= 4 is 5.91 Å². The fraction of sp³-hybridized carbons (Fsp3) is 0.600. The van der Waals surface area contributed by atoms with Crippen molar-refractivity contribution in [2.75, 3.05) is 40.0 Å². The van der Waals surface area contributed by atoms with Crippen molar-refractivity contribution in [1.82, 2.24) is 9.88 Å². The van der Waals surface area contributed by atoms with Crippen LogP contribution in [0, 0.1) is 5.92 Å². The molecule has 1 aromatic heterocycles. The van der Waals surface area contributed by atoms with Crippen LogP contribution in [0.3, 0.4) is 0 Å². The van der Waals surface area contributed by atoms with Gasteiger partial charge >= 0.3 is 0 Å². The Balaban J connectivity index is 1.92. The van der Waals surface area contributed by atoms with Gasteiger partial charge in [0.05, 0.1) is 13.2 Å². The highest BCUT2D eigenvalue weighted by Crippen LogP contribution is 2.17. The van der Waals surface area contributed by atoms with Gasteiger partial charge < -0.3 is 19.5 Å². The van der Waals surface area contributed by atoms with Crippen LogP contribution in [0.1, 0.15) is 23.2 Å². The molecule has 1 fully saturated rings. The van der Waals surface area contributed by atoms with Crippen LogP contribution in [0.15, 0.2) is 18.3 Å². The molecule has 2 heterocycles. The molecular weight excluding hydrogens is 272 g/mol. The number of carbonyl (C=O) groups is 1. The van der Waals surface area contributed by atoms with Gasteiger partial charge in [0.2, 0.25) is 5.88 Å². The molecule has 0 spiro atoms. The van der Waals surface area contributed by atoms with Crippen LogP contribution in [0.25, 0.3) is 0 Å². The summed E-state index contributed by atoms with van der Waals surface area (Å²) in [4.78, 5) is 17.7. The molecule has 0 atom stereocenters. The maximum Gasteiger partial charge on any atom is 0.253 e. The first kappa shape index (κ1) is 15.7. The zero-order valence-corrected chi connectivity index (χ0v) is 12.3. The standard InChI is InChI=1S/C15H22N2O4/c1-17(6-7-18)15(19)13-2-5-16-14(10-13)21-11-12-3-8-20-9-4-12/h2,5,10,12,18H,3-4,6-9,11H2,1H3. The summed E-state index contributed by atoms with van der Waals surface area (Å²) in [5.41, 5.74) is 0.517. The highest BCUT2D eigenvalue weighted by atomic mass is 16.5. The van der Waals surface area contributed by atoms with Gasteiger partial charge in [0.25, 0.3) is 5.91 Å². The van der Waals surface area contributed by atoms with E-state index < -0.39 is 0 Å². The molecule has 1 amide bonds. The van der Waals surface area contributed by atoms with Crippen LogP contribution in [-0.2, 0) is 4.74 Å². The lowest BCUT2D eigenvalue weighted by Crippen LogP contribution is -2.29. The van der Waals surface area contributed by atoms with E-state index in [2.05, 4.69) is 4.98 Å².